The Morgan fingerprint density at radius 3 is 2.33 bits per heavy atom. The fourth-order valence-electron chi connectivity index (χ4n) is 2.38. The van der Waals surface area contributed by atoms with Gasteiger partial charge in [-0.05, 0) is 36.8 Å². The van der Waals surface area contributed by atoms with E-state index in [2.05, 4.69) is 11.2 Å². The third-order valence-corrected chi connectivity index (χ3v) is 3.40. The first kappa shape index (κ1) is 12.9. The Hall–Kier alpha value is -3.06. The van der Waals surface area contributed by atoms with E-state index in [1.165, 1.54) is 0 Å². The summed E-state index contributed by atoms with van der Waals surface area (Å²) in [5.41, 5.74) is 10.6. The van der Waals surface area contributed by atoms with Crippen LogP contribution in [0.5, 0.6) is 0 Å². The molecule has 0 spiro atoms. The average molecular weight is 274 g/mol. The fourth-order valence-corrected chi connectivity index (χ4v) is 2.38. The first-order chi connectivity index (χ1) is 10.2. The number of aromatic nitrogens is 2. The highest BCUT2D eigenvalue weighted by Gasteiger charge is 2.15. The zero-order chi connectivity index (χ0) is 14.8. The minimum atomic E-state index is 0.600. The highest BCUT2D eigenvalue weighted by molar-refractivity contribution is 5.77. The number of nitrogens with zero attached hydrogens (tertiary/aromatic N) is 3. The van der Waals surface area contributed by atoms with Gasteiger partial charge in [-0.25, -0.2) is 4.68 Å². The molecule has 0 radical (unpaired) electrons. The lowest BCUT2D eigenvalue weighted by Crippen LogP contribution is -2.02. The van der Waals surface area contributed by atoms with Crippen LogP contribution >= 0.6 is 0 Å². The molecule has 2 N–H and O–H groups in total. The molecule has 0 aliphatic rings. The van der Waals surface area contributed by atoms with Crippen LogP contribution in [0.25, 0.3) is 16.8 Å². The van der Waals surface area contributed by atoms with Gasteiger partial charge in [0.15, 0.2) is 0 Å². The number of nitriles is 1. The molecule has 0 saturated heterocycles. The van der Waals surface area contributed by atoms with Crippen LogP contribution < -0.4 is 5.73 Å². The van der Waals surface area contributed by atoms with Crippen molar-refractivity contribution in [2.45, 2.75) is 6.92 Å². The molecule has 3 rings (SSSR count). The quantitative estimate of drug-likeness (QED) is 0.779. The van der Waals surface area contributed by atoms with Crippen LogP contribution in [0.15, 0.2) is 54.6 Å². The molecular formula is C17H14N4. The van der Waals surface area contributed by atoms with Crippen LogP contribution in [0.1, 0.15) is 11.3 Å². The Labute approximate surface area is 123 Å². The highest BCUT2D eigenvalue weighted by atomic mass is 15.3. The van der Waals surface area contributed by atoms with E-state index in [9.17, 15) is 0 Å². The van der Waals surface area contributed by atoms with E-state index >= 15 is 0 Å². The minimum absolute atomic E-state index is 0.600. The summed E-state index contributed by atoms with van der Waals surface area (Å²) in [7, 11) is 0. The Morgan fingerprint density at radius 1 is 1.05 bits per heavy atom. The second-order valence-corrected chi connectivity index (χ2v) is 4.78. The molecule has 0 atom stereocenters. The van der Waals surface area contributed by atoms with Crippen LogP contribution in [0.2, 0.25) is 0 Å². The summed E-state index contributed by atoms with van der Waals surface area (Å²) in [5, 5.41) is 13.4. The standard InChI is InChI=1S/C17H14N4/c1-12-16(14-5-3-2-4-6-14)17(19)21(20-12)15-9-7-13(11-18)8-10-15/h2-10H,19H2,1H3. The van der Waals surface area contributed by atoms with E-state index in [4.69, 9.17) is 11.0 Å². The molecule has 1 aromatic heterocycles. The van der Waals surface area contributed by atoms with Crippen molar-refractivity contribution in [2.75, 3.05) is 5.73 Å². The summed E-state index contributed by atoms with van der Waals surface area (Å²) in [6.45, 7) is 1.94. The van der Waals surface area contributed by atoms with Crippen molar-refractivity contribution in [3.8, 4) is 22.9 Å². The Bertz CT molecular complexity index is 808. The van der Waals surface area contributed by atoms with Crippen molar-refractivity contribution >= 4 is 5.82 Å². The average Bonchev–Trinajstić information content (AvgIpc) is 2.83. The van der Waals surface area contributed by atoms with Crippen molar-refractivity contribution in [1.82, 2.24) is 9.78 Å². The lowest BCUT2D eigenvalue weighted by atomic mass is 10.1. The van der Waals surface area contributed by atoms with Gasteiger partial charge in [0.1, 0.15) is 5.82 Å². The summed E-state index contributed by atoms with van der Waals surface area (Å²) in [5.74, 6) is 0.600. The molecule has 0 unspecified atom stereocenters. The Kier molecular flexibility index (Phi) is 3.17. The van der Waals surface area contributed by atoms with Crippen molar-refractivity contribution in [3.63, 3.8) is 0 Å². The molecule has 21 heavy (non-hydrogen) atoms. The summed E-state index contributed by atoms with van der Waals surface area (Å²) in [6, 6.07) is 19.3. The summed E-state index contributed by atoms with van der Waals surface area (Å²) < 4.78 is 1.71. The lowest BCUT2D eigenvalue weighted by molar-refractivity contribution is 0.872. The molecule has 0 aliphatic carbocycles. The van der Waals surface area contributed by atoms with Crippen molar-refractivity contribution < 1.29 is 0 Å². The first-order valence-electron chi connectivity index (χ1n) is 6.62. The molecule has 4 heteroatoms. The molecule has 102 valence electrons. The maximum absolute atomic E-state index is 8.85. The maximum atomic E-state index is 8.85. The Balaban J connectivity index is 2.11. The predicted molar refractivity (Wildman–Crippen MR) is 82.9 cm³/mol. The van der Waals surface area contributed by atoms with E-state index in [-0.39, 0.29) is 0 Å². The Morgan fingerprint density at radius 2 is 1.71 bits per heavy atom. The van der Waals surface area contributed by atoms with Crippen LogP contribution in [-0.2, 0) is 0 Å². The van der Waals surface area contributed by atoms with Gasteiger partial charge in [-0.3, -0.25) is 0 Å². The number of nitrogen functional groups attached to an aromatic ring is 1. The maximum Gasteiger partial charge on any atom is 0.135 e. The third-order valence-electron chi connectivity index (χ3n) is 3.40. The number of hydrogen-bond acceptors (Lipinski definition) is 3. The topological polar surface area (TPSA) is 67.6 Å². The monoisotopic (exact) mass is 274 g/mol. The van der Waals surface area contributed by atoms with E-state index in [0.717, 1.165) is 22.5 Å². The largest absolute Gasteiger partial charge is 0.383 e. The third kappa shape index (κ3) is 2.26. The highest BCUT2D eigenvalue weighted by Crippen LogP contribution is 2.30. The molecule has 0 bridgehead atoms. The number of hydrogen-bond donors (Lipinski definition) is 1. The van der Waals surface area contributed by atoms with Gasteiger partial charge in [0.25, 0.3) is 0 Å². The summed E-state index contributed by atoms with van der Waals surface area (Å²) >= 11 is 0. The SMILES string of the molecule is Cc1nn(-c2ccc(C#N)cc2)c(N)c1-c1ccccc1. The van der Waals surface area contributed by atoms with E-state index in [0.29, 0.717) is 11.4 Å². The number of rotatable bonds is 2. The van der Waals surface area contributed by atoms with Crippen LogP contribution in [0.4, 0.5) is 5.82 Å². The molecule has 3 aromatic rings. The summed E-state index contributed by atoms with van der Waals surface area (Å²) in [6.07, 6.45) is 0. The van der Waals surface area contributed by atoms with E-state index in [1.807, 2.05) is 49.4 Å². The van der Waals surface area contributed by atoms with Crippen LogP contribution in [0.3, 0.4) is 0 Å². The van der Waals surface area contributed by atoms with Gasteiger partial charge in [-0.2, -0.15) is 10.4 Å². The van der Waals surface area contributed by atoms with Crippen LogP contribution in [0, 0.1) is 18.3 Å². The first-order valence-corrected chi connectivity index (χ1v) is 6.62. The second kappa shape index (κ2) is 5.14. The molecule has 4 nitrogen and oxygen atoms in total. The minimum Gasteiger partial charge on any atom is -0.383 e. The molecule has 1 heterocycles. The zero-order valence-electron chi connectivity index (χ0n) is 11.6. The predicted octanol–water partition coefficient (Wildman–Crippen LogP) is 3.30. The number of anilines is 1. The van der Waals surface area contributed by atoms with Gasteiger partial charge < -0.3 is 5.73 Å². The summed E-state index contributed by atoms with van der Waals surface area (Å²) in [4.78, 5) is 0. The molecule has 0 fully saturated rings. The van der Waals surface area contributed by atoms with Gasteiger partial charge in [-0.1, -0.05) is 30.3 Å². The molecule has 2 aromatic carbocycles. The second-order valence-electron chi connectivity index (χ2n) is 4.78. The lowest BCUT2D eigenvalue weighted by Gasteiger charge is -2.05. The molecule has 0 aliphatic heterocycles. The van der Waals surface area contributed by atoms with Crippen LogP contribution in [-0.4, -0.2) is 9.78 Å². The van der Waals surface area contributed by atoms with Gasteiger partial charge in [0.05, 0.1) is 23.0 Å². The number of aryl methyl sites for hydroxylation is 1. The molecule has 0 amide bonds. The molecular weight excluding hydrogens is 260 g/mol. The zero-order valence-corrected chi connectivity index (χ0v) is 11.6. The van der Waals surface area contributed by atoms with Gasteiger partial charge in [-0.15, -0.1) is 0 Å². The smallest absolute Gasteiger partial charge is 0.135 e. The van der Waals surface area contributed by atoms with Gasteiger partial charge in [0.2, 0.25) is 0 Å². The fraction of sp³-hybridized carbons (Fsp3) is 0.0588. The number of benzene rings is 2. The van der Waals surface area contributed by atoms with Crippen molar-refractivity contribution in [3.05, 3.63) is 65.9 Å². The van der Waals surface area contributed by atoms with E-state index < -0.39 is 0 Å². The van der Waals surface area contributed by atoms with E-state index in [1.54, 1.807) is 16.8 Å². The van der Waals surface area contributed by atoms with Crippen molar-refractivity contribution in [1.29, 1.82) is 5.26 Å². The van der Waals surface area contributed by atoms with Gasteiger partial charge in [0, 0.05) is 5.56 Å². The number of nitrogens with two attached hydrogens (primary N) is 1. The van der Waals surface area contributed by atoms with Crippen molar-refractivity contribution in [2.24, 2.45) is 0 Å². The molecule has 0 saturated carbocycles. The normalized spacial score (nSPS) is 10.3. The van der Waals surface area contributed by atoms with Gasteiger partial charge >= 0.3 is 0 Å².